The van der Waals surface area contributed by atoms with Crippen LogP contribution in [0.15, 0.2) is 182 Å². The molecule has 4 aliphatic rings. The van der Waals surface area contributed by atoms with Gasteiger partial charge in [-0.05, 0) is 147 Å². The van der Waals surface area contributed by atoms with Gasteiger partial charge < -0.3 is 9.80 Å². The zero-order valence-electron chi connectivity index (χ0n) is 34.9. The van der Waals surface area contributed by atoms with E-state index >= 15 is 0 Å². The first-order valence-electron chi connectivity index (χ1n) is 22.9. The fraction of sp³-hybridized carbons (Fsp3) is 0.138. The third-order valence-electron chi connectivity index (χ3n) is 15.8. The number of benzene rings is 10. The summed E-state index contributed by atoms with van der Waals surface area (Å²) in [6.07, 6.45) is 5.36. The summed E-state index contributed by atoms with van der Waals surface area (Å²) in [6.45, 7) is 0. The third kappa shape index (κ3) is 4.58. The highest BCUT2D eigenvalue weighted by atomic mass is 28.3. The lowest BCUT2D eigenvalue weighted by molar-refractivity contribution is 0.935. The van der Waals surface area contributed by atoms with Crippen LogP contribution in [0.25, 0.3) is 53.9 Å². The second kappa shape index (κ2) is 13.0. The van der Waals surface area contributed by atoms with E-state index in [1.807, 2.05) is 0 Å². The first-order valence-corrected chi connectivity index (χ1v) is 27.8. The lowest BCUT2D eigenvalue weighted by atomic mass is 9.86. The van der Waals surface area contributed by atoms with E-state index in [9.17, 15) is 0 Å². The van der Waals surface area contributed by atoms with Gasteiger partial charge in [-0.25, -0.2) is 0 Å². The molecular formula is C58H46N2Si2. The minimum absolute atomic E-state index is 1.24. The Hall–Kier alpha value is -6.47. The van der Waals surface area contributed by atoms with E-state index in [-0.39, 0.29) is 0 Å². The molecule has 0 unspecified atom stereocenters. The van der Waals surface area contributed by atoms with Crippen molar-refractivity contribution in [2.45, 2.75) is 49.9 Å². The van der Waals surface area contributed by atoms with E-state index in [4.69, 9.17) is 0 Å². The molecule has 2 saturated heterocycles. The summed E-state index contributed by atoms with van der Waals surface area (Å²) in [6, 6.07) is 76.2. The van der Waals surface area contributed by atoms with Crippen molar-refractivity contribution in [2.75, 3.05) is 9.80 Å². The number of nitrogens with zero attached hydrogens (tertiary/aromatic N) is 2. The molecule has 0 N–H and O–H groups in total. The van der Waals surface area contributed by atoms with E-state index in [1.54, 1.807) is 20.7 Å². The van der Waals surface area contributed by atoms with Crippen LogP contribution >= 0.6 is 0 Å². The standard InChI is InChI=1S/C58H46N2Si2/c1-3-19-45-41(17-1)43-31-29-39(59-49-21-5-9-25-53(49)61(33-13-14-34-61)54-26-10-6-22-50(54)59)37-47(43)58-46-20-4-2-18-42(46)44-32-30-40(38-48(44)57(45)58)60-51-23-7-11-27-55(51)62(35-15-16-36-62)56-28-12-8-24-52(56)60/h1-12,17-32,37-38H,13-16,33-36H2. The predicted molar refractivity (Wildman–Crippen MR) is 271 cm³/mol. The molecule has 2 spiro atoms. The summed E-state index contributed by atoms with van der Waals surface area (Å²) < 4.78 is 0. The van der Waals surface area contributed by atoms with E-state index in [2.05, 4.69) is 192 Å². The Morgan fingerprint density at radius 2 is 0.565 bits per heavy atom. The number of rotatable bonds is 2. The maximum atomic E-state index is 2.61. The lowest BCUT2D eigenvalue weighted by Gasteiger charge is -2.42. The van der Waals surface area contributed by atoms with Gasteiger partial charge in [0, 0.05) is 34.1 Å². The molecule has 10 aromatic rings. The van der Waals surface area contributed by atoms with Crippen LogP contribution in [0, 0.1) is 0 Å². The number of para-hydroxylation sites is 4. The number of fused-ring (bicyclic) bond motifs is 19. The van der Waals surface area contributed by atoms with Crippen LogP contribution in [0.2, 0.25) is 24.2 Å². The highest BCUT2D eigenvalue weighted by molar-refractivity contribution is 7.05. The smallest absolute Gasteiger partial charge is 0.123 e. The van der Waals surface area contributed by atoms with E-state index < -0.39 is 16.1 Å². The summed E-state index contributed by atoms with van der Waals surface area (Å²) in [5.74, 6) is 0. The Balaban J connectivity index is 1.07. The van der Waals surface area contributed by atoms with E-state index in [0.29, 0.717) is 0 Å². The Morgan fingerprint density at radius 3 is 0.919 bits per heavy atom. The van der Waals surface area contributed by atoms with Crippen molar-refractivity contribution in [1.29, 1.82) is 0 Å². The average Bonchev–Trinajstić information content (AvgIpc) is 4.04. The molecule has 0 aromatic heterocycles. The van der Waals surface area contributed by atoms with Crippen LogP contribution in [0.5, 0.6) is 0 Å². The molecular weight excluding hydrogens is 781 g/mol. The van der Waals surface area contributed by atoms with Crippen LogP contribution < -0.4 is 30.5 Å². The minimum Gasteiger partial charge on any atom is -0.311 e. The van der Waals surface area contributed by atoms with Crippen molar-refractivity contribution in [3.63, 3.8) is 0 Å². The molecule has 0 aliphatic carbocycles. The van der Waals surface area contributed by atoms with Crippen molar-refractivity contribution < 1.29 is 0 Å². The quantitative estimate of drug-likeness (QED) is 0.127. The maximum absolute atomic E-state index is 2.61. The second-order valence-electron chi connectivity index (χ2n) is 18.6. The average molecular weight is 827 g/mol. The molecule has 0 radical (unpaired) electrons. The number of hydrogen-bond acceptors (Lipinski definition) is 2. The van der Waals surface area contributed by atoms with Gasteiger partial charge in [-0.15, -0.1) is 0 Å². The Bertz CT molecular complexity index is 3190. The summed E-state index contributed by atoms with van der Waals surface area (Å²) in [4.78, 5) is 5.21. The first-order chi connectivity index (χ1) is 30.7. The molecule has 10 aromatic carbocycles. The maximum Gasteiger partial charge on any atom is 0.123 e. The van der Waals surface area contributed by atoms with Gasteiger partial charge in [0.1, 0.15) is 16.1 Å². The molecule has 62 heavy (non-hydrogen) atoms. The summed E-state index contributed by atoms with van der Waals surface area (Å²) >= 11 is 0. The van der Waals surface area contributed by atoms with Crippen molar-refractivity contribution in [3.05, 3.63) is 182 Å². The largest absolute Gasteiger partial charge is 0.311 e. The predicted octanol–water partition coefficient (Wildman–Crippen LogP) is 13.7. The van der Waals surface area contributed by atoms with Gasteiger partial charge in [-0.1, -0.05) is 159 Å². The monoisotopic (exact) mass is 826 g/mol. The Labute approximate surface area is 364 Å². The van der Waals surface area contributed by atoms with Crippen molar-refractivity contribution in [2.24, 2.45) is 0 Å². The molecule has 0 saturated carbocycles. The van der Waals surface area contributed by atoms with Crippen LogP contribution in [-0.4, -0.2) is 16.1 Å². The van der Waals surface area contributed by atoms with Crippen LogP contribution in [0.1, 0.15) is 25.7 Å². The van der Waals surface area contributed by atoms with Gasteiger partial charge in [-0.2, -0.15) is 0 Å². The van der Waals surface area contributed by atoms with Gasteiger partial charge in [0.15, 0.2) is 0 Å². The fourth-order valence-electron chi connectivity index (χ4n) is 13.4. The highest BCUT2D eigenvalue weighted by Gasteiger charge is 2.48. The Kier molecular flexibility index (Phi) is 7.39. The van der Waals surface area contributed by atoms with Gasteiger partial charge in [-0.3, -0.25) is 0 Å². The van der Waals surface area contributed by atoms with Gasteiger partial charge in [0.05, 0.1) is 0 Å². The van der Waals surface area contributed by atoms with Gasteiger partial charge in [0.2, 0.25) is 0 Å². The molecule has 0 bridgehead atoms. The normalized spacial score (nSPS) is 17.0. The van der Waals surface area contributed by atoms with Crippen molar-refractivity contribution in [1.82, 2.24) is 0 Å². The molecule has 0 atom stereocenters. The van der Waals surface area contributed by atoms with Gasteiger partial charge in [0.25, 0.3) is 0 Å². The van der Waals surface area contributed by atoms with Crippen molar-refractivity contribution in [3.8, 4) is 0 Å². The second-order valence-corrected chi connectivity index (χ2v) is 27.1. The highest BCUT2D eigenvalue weighted by Crippen LogP contribution is 2.50. The number of anilines is 6. The zero-order valence-corrected chi connectivity index (χ0v) is 36.9. The van der Waals surface area contributed by atoms with E-state index in [1.165, 1.54) is 138 Å². The van der Waals surface area contributed by atoms with Gasteiger partial charge >= 0.3 is 0 Å². The SMILES string of the molecule is c1ccc2c(c1)N(c1ccc3c4ccccc4c4c5cc(N6c7ccccc7[Si]7(CCCC7)c7ccccc76)ccc5c5ccccc5c4c3c1)c1ccccc1[Si]21CCCC1. The fourth-order valence-corrected chi connectivity index (χ4v) is 24.4. The minimum atomic E-state index is -1.85. The van der Waals surface area contributed by atoms with E-state index in [0.717, 1.165) is 0 Å². The molecule has 0 amide bonds. The molecule has 296 valence electrons. The molecule has 14 rings (SSSR count). The zero-order chi connectivity index (χ0) is 40.6. The summed E-state index contributed by atoms with van der Waals surface area (Å²) in [5.41, 5.74) is 8.00. The molecule has 4 aliphatic heterocycles. The van der Waals surface area contributed by atoms with Crippen LogP contribution in [0.3, 0.4) is 0 Å². The lowest BCUT2D eigenvalue weighted by Crippen LogP contribution is -2.60. The van der Waals surface area contributed by atoms with Crippen LogP contribution in [-0.2, 0) is 0 Å². The Morgan fingerprint density at radius 1 is 0.274 bits per heavy atom. The number of hydrogen-bond donors (Lipinski definition) is 0. The van der Waals surface area contributed by atoms with Crippen LogP contribution in [0.4, 0.5) is 34.1 Å². The molecule has 4 heterocycles. The van der Waals surface area contributed by atoms with Crippen molar-refractivity contribution >= 4 is 125 Å². The molecule has 2 fully saturated rings. The third-order valence-corrected chi connectivity index (χ3v) is 26.5. The first kappa shape index (κ1) is 35.2. The topological polar surface area (TPSA) is 6.48 Å². The molecule has 4 heteroatoms. The summed E-state index contributed by atoms with van der Waals surface area (Å²) in [7, 11) is -3.71. The summed E-state index contributed by atoms with van der Waals surface area (Å²) in [5, 5.41) is 19.7. The molecule has 2 nitrogen and oxygen atoms in total.